The van der Waals surface area contributed by atoms with Crippen molar-refractivity contribution in [1.82, 2.24) is 4.90 Å². The summed E-state index contributed by atoms with van der Waals surface area (Å²) in [5.41, 5.74) is 0.362. The van der Waals surface area contributed by atoms with Gasteiger partial charge in [0.2, 0.25) is 5.91 Å². The molecule has 43 heavy (non-hydrogen) atoms. The molecule has 9 heteroatoms. The van der Waals surface area contributed by atoms with Gasteiger partial charge in [-0.2, -0.15) is 0 Å². The molecule has 1 unspecified atom stereocenters. The number of nitrogens with zero attached hydrogens (tertiary/aromatic N) is 2. The molecule has 1 fully saturated rings. The molecule has 2 aliphatic carbocycles. The Morgan fingerprint density at radius 3 is 2.67 bits per heavy atom. The SMILES string of the molecule is CN1C/C=C/C[C@H](O)[C@@H]2CCC2(C)CN2C[C@@]3(CCCc4cc(Cl)ccc43)COc3ccc(cc32)[C@](O)(C(=O)O)CC1=O. The third-order valence-corrected chi connectivity index (χ3v) is 10.8. The summed E-state index contributed by atoms with van der Waals surface area (Å²) >= 11 is 6.40. The fourth-order valence-electron chi connectivity index (χ4n) is 7.83. The number of hydrogen-bond donors (Lipinski definition) is 3. The van der Waals surface area contributed by atoms with E-state index in [0.29, 0.717) is 42.6 Å². The minimum absolute atomic E-state index is 0.0876. The molecule has 2 heterocycles. The second-order valence-electron chi connectivity index (χ2n) is 13.5. The van der Waals surface area contributed by atoms with Crippen LogP contribution in [-0.4, -0.2) is 71.5 Å². The first kappa shape index (κ1) is 30.0. The van der Waals surface area contributed by atoms with Gasteiger partial charge in [0, 0.05) is 37.1 Å². The Labute approximate surface area is 257 Å². The van der Waals surface area contributed by atoms with Crippen molar-refractivity contribution in [3.05, 3.63) is 70.3 Å². The first-order valence-corrected chi connectivity index (χ1v) is 15.7. The van der Waals surface area contributed by atoms with Gasteiger partial charge in [-0.05, 0) is 90.8 Å². The molecule has 0 radical (unpaired) electrons. The standard InChI is InChI=1S/C34H41ClN2O6/c1-32-14-12-26(32)28(38)7-3-4-15-36(2)30(39)18-34(42,31(40)41)23-8-11-29-27(17-23)37(19-32)20-33(21-43-29)13-5-6-22-16-24(35)9-10-25(22)33/h3-4,8-11,16-17,26,28,38,42H,5-7,12-15,18-21H2,1-2H3,(H,40,41)/b4-3+/t26-,28-,32?,33-,34-/m0/s1. The zero-order valence-corrected chi connectivity index (χ0v) is 25.6. The van der Waals surface area contributed by atoms with Crippen molar-refractivity contribution in [2.45, 2.75) is 69.0 Å². The number of benzene rings is 2. The number of amides is 1. The fraction of sp³-hybridized carbons (Fsp3) is 0.529. The van der Waals surface area contributed by atoms with Crippen LogP contribution in [0.2, 0.25) is 5.02 Å². The second kappa shape index (κ2) is 11.1. The third kappa shape index (κ3) is 5.32. The molecular formula is C34H41ClN2O6. The van der Waals surface area contributed by atoms with Crippen LogP contribution in [0.4, 0.5) is 5.69 Å². The maximum absolute atomic E-state index is 13.1. The van der Waals surface area contributed by atoms with Crippen LogP contribution in [0.15, 0.2) is 48.6 Å². The van der Waals surface area contributed by atoms with E-state index in [9.17, 15) is 24.9 Å². The number of rotatable bonds is 1. The van der Waals surface area contributed by atoms with Crippen LogP contribution >= 0.6 is 11.6 Å². The summed E-state index contributed by atoms with van der Waals surface area (Å²) in [5, 5.41) is 33.8. The Bertz CT molecular complexity index is 1460. The number of hydrogen-bond acceptors (Lipinski definition) is 6. The summed E-state index contributed by atoms with van der Waals surface area (Å²) in [6.45, 7) is 4.20. The lowest BCUT2D eigenvalue weighted by Gasteiger charge is -2.53. The number of halogens is 1. The highest BCUT2D eigenvalue weighted by Crippen LogP contribution is 2.52. The largest absolute Gasteiger partial charge is 0.490 e. The van der Waals surface area contributed by atoms with E-state index in [1.807, 2.05) is 18.2 Å². The van der Waals surface area contributed by atoms with Crippen LogP contribution in [0, 0.1) is 11.3 Å². The third-order valence-electron chi connectivity index (χ3n) is 10.6. The molecule has 2 bridgehead atoms. The van der Waals surface area contributed by atoms with Gasteiger partial charge in [-0.15, -0.1) is 0 Å². The molecule has 1 spiro atoms. The van der Waals surface area contributed by atoms with E-state index in [2.05, 4.69) is 24.0 Å². The molecular weight excluding hydrogens is 568 g/mol. The van der Waals surface area contributed by atoms with Gasteiger partial charge >= 0.3 is 5.97 Å². The van der Waals surface area contributed by atoms with Crippen molar-refractivity contribution in [2.24, 2.45) is 11.3 Å². The van der Waals surface area contributed by atoms with Crippen molar-refractivity contribution in [3.8, 4) is 5.75 Å². The molecule has 6 rings (SSSR count). The summed E-state index contributed by atoms with van der Waals surface area (Å²) < 4.78 is 6.56. The Kier molecular flexibility index (Phi) is 7.76. The van der Waals surface area contributed by atoms with Crippen LogP contribution in [0.1, 0.15) is 62.1 Å². The van der Waals surface area contributed by atoms with Crippen molar-refractivity contribution in [1.29, 1.82) is 0 Å². The number of likely N-dealkylation sites (N-methyl/N-ethyl adjacent to an activating group) is 1. The molecule has 1 saturated carbocycles. The molecule has 230 valence electrons. The number of ether oxygens (including phenoxy) is 1. The molecule has 4 aliphatic rings. The number of fused-ring (bicyclic) bond motifs is 4. The zero-order chi connectivity index (χ0) is 30.6. The number of anilines is 1. The highest BCUT2D eigenvalue weighted by molar-refractivity contribution is 6.30. The fourth-order valence-corrected chi connectivity index (χ4v) is 8.03. The van der Waals surface area contributed by atoms with Gasteiger partial charge < -0.3 is 29.9 Å². The molecule has 0 saturated heterocycles. The number of carbonyl (C=O) groups is 2. The van der Waals surface area contributed by atoms with E-state index < -0.39 is 30.0 Å². The number of carboxylic acid groups (broad SMARTS) is 1. The predicted octanol–water partition coefficient (Wildman–Crippen LogP) is 4.67. The number of carbonyl (C=O) groups excluding carboxylic acids is 1. The van der Waals surface area contributed by atoms with Crippen molar-refractivity contribution in [2.75, 3.05) is 38.2 Å². The molecule has 3 N–H and O–H groups in total. The monoisotopic (exact) mass is 608 g/mol. The molecule has 1 amide bonds. The molecule has 8 nitrogen and oxygen atoms in total. The first-order chi connectivity index (χ1) is 20.4. The maximum Gasteiger partial charge on any atom is 0.340 e. The van der Waals surface area contributed by atoms with E-state index in [-0.39, 0.29) is 28.9 Å². The number of aliphatic hydroxyl groups is 2. The molecule has 0 aromatic heterocycles. The van der Waals surface area contributed by atoms with Crippen molar-refractivity contribution in [3.63, 3.8) is 0 Å². The summed E-state index contributed by atoms with van der Waals surface area (Å²) in [7, 11) is 1.58. The number of aryl methyl sites for hydroxylation is 1. The number of aliphatic hydroxyl groups excluding tert-OH is 1. The summed E-state index contributed by atoms with van der Waals surface area (Å²) in [6.07, 6.45) is 7.81. The quantitative estimate of drug-likeness (QED) is 0.404. The average Bonchev–Trinajstić information content (AvgIpc) is 3.10. The predicted molar refractivity (Wildman–Crippen MR) is 165 cm³/mol. The van der Waals surface area contributed by atoms with Gasteiger partial charge in [-0.3, -0.25) is 4.79 Å². The molecule has 5 atom stereocenters. The van der Waals surface area contributed by atoms with Crippen LogP contribution in [0.25, 0.3) is 0 Å². The Morgan fingerprint density at radius 1 is 1.12 bits per heavy atom. The van der Waals surface area contributed by atoms with Crippen LogP contribution in [0.5, 0.6) is 5.75 Å². The smallest absolute Gasteiger partial charge is 0.340 e. The van der Waals surface area contributed by atoms with Gasteiger partial charge in [0.25, 0.3) is 0 Å². The summed E-state index contributed by atoms with van der Waals surface area (Å²) in [4.78, 5) is 29.4. The maximum atomic E-state index is 13.1. The topological polar surface area (TPSA) is 111 Å². The van der Waals surface area contributed by atoms with E-state index in [4.69, 9.17) is 16.3 Å². The first-order valence-electron chi connectivity index (χ1n) is 15.3. The van der Waals surface area contributed by atoms with Gasteiger partial charge in [-0.25, -0.2) is 4.79 Å². The lowest BCUT2D eigenvalue weighted by Crippen LogP contribution is -2.54. The average molecular weight is 609 g/mol. The normalized spacial score (nSPS) is 33.5. The van der Waals surface area contributed by atoms with Crippen molar-refractivity contribution < 1.29 is 29.6 Å². The molecule has 2 aromatic rings. The Hall–Kier alpha value is -3.07. The lowest BCUT2D eigenvalue weighted by molar-refractivity contribution is -0.164. The van der Waals surface area contributed by atoms with Gasteiger partial charge in [0.05, 0.1) is 24.8 Å². The zero-order valence-electron chi connectivity index (χ0n) is 24.9. The van der Waals surface area contributed by atoms with Gasteiger partial charge in [0.15, 0.2) is 5.60 Å². The van der Waals surface area contributed by atoms with Crippen LogP contribution in [-0.2, 0) is 27.0 Å². The summed E-state index contributed by atoms with van der Waals surface area (Å²) in [5.74, 6) is -1.27. The Morgan fingerprint density at radius 2 is 1.93 bits per heavy atom. The molecule has 2 aliphatic heterocycles. The number of aliphatic carboxylic acids is 1. The van der Waals surface area contributed by atoms with Gasteiger partial charge in [0.1, 0.15) is 5.75 Å². The van der Waals surface area contributed by atoms with E-state index in [0.717, 1.165) is 32.1 Å². The number of carboxylic acids is 1. The highest BCUT2D eigenvalue weighted by Gasteiger charge is 2.50. The summed E-state index contributed by atoms with van der Waals surface area (Å²) in [6, 6.07) is 11.1. The molecule has 2 aromatic carbocycles. The van der Waals surface area contributed by atoms with Crippen LogP contribution in [0.3, 0.4) is 0 Å². The van der Waals surface area contributed by atoms with E-state index in [1.165, 1.54) is 16.0 Å². The minimum Gasteiger partial charge on any atom is -0.490 e. The van der Waals surface area contributed by atoms with Crippen molar-refractivity contribution >= 4 is 29.2 Å². The van der Waals surface area contributed by atoms with E-state index in [1.54, 1.807) is 25.2 Å². The second-order valence-corrected chi connectivity index (χ2v) is 13.9. The lowest BCUT2D eigenvalue weighted by atomic mass is 9.58. The van der Waals surface area contributed by atoms with Crippen LogP contribution < -0.4 is 9.64 Å². The van der Waals surface area contributed by atoms with Gasteiger partial charge in [-0.1, -0.05) is 42.8 Å². The minimum atomic E-state index is -2.41. The van der Waals surface area contributed by atoms with E-state index >= 15 is 0 Å². The Balaban J connectivity index is 1.48. The highest BCUT2D eigenvalue weighted by atomic mass is 35.5.